The van der Waals surface area contributed by atoms with Gasteiger partial charge in [0.25, 0.3) is 5.78 Å². The van der Waals surface area contributed by atoms with Gasteiger partial charge < -0.3 is 14.5 Å². The van der Waals surface area contributed by atoms with E-state index in [1.165, 1.54) is 6.07 Å². The molecule has 20 heavy (non-hydrogen) atoms. The summed E-state index contributed by atoms with van der Waals surface area (Å²) in [6.07, 6.45) is 3.67. The normalized spacial score (nSPS) is 14.7. The lowest BCUT2D eigenvalue weighted by Crippen LogP contribution is -2.28. The minimum absolute atomic E-state index is 0.0193. The molecule has 0 saturated heterocycles. The Hall–Kier alpha value is -2.84. The van der Waals surface area contributed by atoms with Gasteiger partial charge in [-0.05, 0) is 6.42 Å². The number of fused-ring (bicyclic) bond motifs is 1. The SMILES string of the molecule is O=C(O)Nc1cc(N2CC=CCC2)nc2nc(=O)on12. The number of carbonyl (C=O) groups is 1. The van der Waals surface area contributed by atoms with Gasteiger partial charge in [0.15, 0.2) is 5.82 Å². The van der Waals surface area contributed by atoms with Crippen molar-refractivity contribution in [2.75, 3.05) is 23.3 Å². The molecule has 104 valence electrons. The molecule has 0 saturated carbocycles. The monoisotopic (exact) mass is 277 g/mol. The molecule has 3 heterocycles. The maximum absolute atomic E-state index is 11.2. The van der Waals surface area contributed by atoms with Gasteiger partial charge in [-0.1, -0.05) is 12.2 Å². The molecule has 2 aromatic heterocycles. The molecule has 3 rings (SSSR count). The molecule has 1 amide bonds. The molecule has 9 nitrogen and oxygen atoms in total. The second-order valence-electron chi connectivity index (χ2n) is 4.20. The van der Waals surface area contributed by atoms with Gasteiger partial charge in [-0.2, -0.15) is 4.98 Å². The van der Waals surface area contributed by atoms with Crippen molar-refractivity contribution in [3.8, 4) is 0 Å². The van der Waals surface area contributed by atoms with E-state index in [4.69, 9.17) is 9.63 Å². The molecule has 0 bridgehead atoms. The van der Waals surface area contributed by atoms with E-state index in [9.17, 15) is 9.59 Å². The van der Waals surface area contributed by atoms with Crippen LogP contribution in [-0.2, 0) is 0 Å². The van der Waals surface area contributed by atoms with E-state index in [2.05, 4.69) is 21.4 Å². The summed E-state index contributed by atoms with van der Waals surface area (Å²) in [6.45, 7) is 1.42. The third-order valence-electron chi connectivity index (χ3n) is 2.86. The van der Waals surface area contributed by atoms with Crippen molar-refractivity contribution in [1.29, 1.82) is 0 Å². The van der Waals surface area contributed by atoms with Crippen LogP contribution in [0.2, 0.25) is 0 Å². The van der Waals surface area contributed by atoms with Crippen LogP contribution in [0.4, 0.5) is 16.4 Å². The third-order valence-corrected chi connectivity index (χ3v) is 2.86. The van der Waals surface area contributed by atoms with Gasteiger partial charge in [-0.3, -0.25) is 5.32 Å². The number of nitrogens with zero attached hydrogens (tertiary/aromatic N) is 4. The first-order chi connectivity index (χ1) is 9.63. The zero-order valence-corrected chi connectivity index (χ0v) is 10.3. The highest BCUT2D eigenvalue weighted by Gasteiger charge is 2.16. The Morgan fingerprint density at radius 3 is 2.95 bits per heavy atom. The van der Waals surface area contributed by atoms with Gasteiger partial charge in [0.2, 0.25) is 0 Å². The summed E-state index contributed by atoms with van der Waals surface area (Å²) < 4.78 is 5.73. The van der Waals surface area contributed by atoms with E-state index in [0.29, 0.717) is 12.4 Å². The number of amides is 1. The topological polar surface area (TPSA) is 113 Å². The molecule has 9 heteroatoms. The van der Waals surface area contributed by atoms with E-state index < -0.39 is 11.8 Å². The van der Waals surface area contributed by atoms with Gasteiger partial charge in [-0.25, -0.2) is 9.59 Å². The molecule has 0 atom stereocenters. The lowest BCUT2D eigenvalue weighted by Gasteiger charge is -2.24. The van der Waals surface area contributed by atoms with Gasteiger partial charge in [0.05, 0.1) is 0 Å². The molecule has 0 unspecified atom stereocenters. The zero-order chi connectivity index (χ0) is 14.1. The summed E-state index contributed by atoms with van der Waals surface area (Å²) in [6, 6.07) is 1.50. The Bertz CT molecular complexity index is 747. The Balaban J connectivity index is 2.11. The van der Waals surface area contributed by atoms with Crippen molar-refractivity contribution < 1.29 is 14.4 Å². The second-order valence-corrected chi connectivity index (χ2v) is 4.20. The summed E-state index contributed by atoms with van der Waals surface area (Å²) in [5.74, 6) is -0.194. The minimum Gasteiger partial charge on any atom is -0.465 e. The fraction of sp³-hybridized carbons (Fsp3) is 0.273. The summed E-state index contributed by atoms with van der Waals surface area (Å²) in [5.41, 5.74) is 0. The highest BCUT2D eigenvalue weighted by molar-refractivity contribution is 5.82. The zero-order valence-electron chi connectivity index (χ0n) is 10.3. The van der Waals surface area contributed by atoms with Crippen LogP contribution in [0.5, 0.6) is 0 Å². The second kappa shape index (κ2) is 4.68. The standard InChI is InChI=1S/C11H11N5O4/c17-10(18)13-8-6-7(15-4-2-1-3-5-15)12-9-14-11(19)20-16(8)9/h1-2,6,13H,3-5H2,(H,17,18). The van der Waals surface area contributed by atoms with E-state index in [1.807, 2.05) is 11.0 Å². The minimum atomic E-state index is -1.27. The van der Waals surface area contributed by atoms with Crippen LogP contribution in [-0.4, -0.2) is 38.8 Å². The largest absolute Gasteiger partial charge is 0.465 e. The van der Waals surface area contributed by atoms with E-state index in [0.717, 1.165) is 17.5 Å². The van der Waals surface area contributed by atoms with Crippen molar-refractivity contribution in [3.63, 3.8) is 0 Å². The summed E-state index contributed by atoms with van der Waals surface area (Å²) >= 11 is 0. The lowest BCUT2D eigenvalue weighted by atomic mass is 10.2. The predicted molar refractivity (Wildman–Crippen MR) is 69.1 cm³/mol. The molecule has 0 fully saturated rings. The molecule has 0 spiro atoms. The maximum Gasteiger partial charge on any atom is 0.461 e. The summed E-state index contributed by atoms with van der Waals surface area (Å²) in [4.78, 5) is 31.7. The summed E-state index contributed by atoms with van der Waals surface area (Å²) in [7, 11) is 0. The smallest absolute Gasteiger partial charge is 0.461 e. The Morgan fingerprint density at radius 1 is 1.40 bits per heavy atom. The highest BCUT2D eigenvalue weighted by atomic mass is 16.5. The quantitative estimate of drug-likeness (QED) is 0.770. The molecule has 0 aromatic carbocycles. The Labute approximate surface area is 112 Å². The van der Waals surface area contributed by atoms with Gasteiger partial charge in [0.1, 0.15) is 5.82 Å². The number of nitrogens with one attached hydrogen (secondary N) is 1. The maximum atomic E-state index is 11.2. The number of anilines is 2. The molecule has 0 aliphatic carbocycles. The van der Waals surface area contributed by atoms with Crippen LogP contribution in [0.3, 0.4) is 0 Å². The molecule has 2 N–H and O–H groups in total. The van der Waals surface area contributed by atoms with Crippen LogP contribution in [0.1, 0.15) is 6.42 Å². The van der Waals surface area contributed by atoms with Gasteiger partial charge >= 0.3 is 11.8 Å². The van der Waals surface area contributed by atoms with Crippen molar-refractivity contribution in [3.05, 3.63) is 28.8 Å². The van der Waals surface area contributed by atoms with Crippen LogP contribution in [0.25, 0.3) is 5.78 Å². The average Bonchev–Trinajstić information content (AvgIpc) is 2.80. The molecular formula is C11H11N5O4. The fourth-order valence-electron chi connectivity index (χ4n) is 2.02. The molecule has 2 aromatic rings. The van der Waals surface area contributed by atoms with Crippen molar-refractivity contribution >= 4 is 23.5 Å². The van der Waals surface area contributed by atoms with Crippen LogP contribution in [0.15, 0.2) is 27.5 Å². The predicted octanol–water partition coefficient (Wildman–Crippen LogP) is 0.539. The first kappa shape index (κ1) is 12.2. The van der Waals surface area contributed by atoms with Crippen molar-refractivity contribution in [2.24, 2.45) is 0 Å². The first-order valence-electron chi connectivity index (χ1n) is 5.94. The van der Waals surface area contributed by atoms with Crippen LogP contribution in [0, 0.1) is 0 Å². The van der Waals surface area contributed by atoms with Crippen LogP contribution < -0.4 is 16.0 Å². The van der Waals surface area contributed by atoms with Crippen molar-refractivity contribution in [2.45, 2.75) is 6.42 Å². The van der Waals surface area contributed by atoms with E-state index in [1.54, 1.807) is 0 Å². The highest BCUT2D eigenvalue weighted by Crippen LogP contribution is 2.20. The fourth-order valence-corrected chi connectivity index (χ4v) is 2.02. The Kier molecular flexibility index (Phi) is 2.86. The number of rotatable bonds is 2. The number of hydrogen-bond acceptors (Lipinski definition) is 6. The van der Waals surface area contributed by atoms with Gasteiger partial charge in [0, 0.05) is 19.2 Å². The average molecular weight is 277 g/mol. The lowest BCUT2D eigenvalue weighted by molar-refractivity contribution is 0.209. The van der Waals surface area contributed by atoms with Crippen molar-refractivity contribution in [1.82, 2.24) is 14.5 Å². The van der Waals surface area contributed by atoms with E-state index >= 15 is 0 Å². The van der Waals surface area contributed by atoms with Gasteiger partial charge in [-0.15, -0.1) is 9.56 Å². The molecular weight excluding hydrogens is 266 g/mol. The first-order valence-corrected chi connectivity index (χ1v) is 5.94. The van der Waals surface area contributed by atoms with Crippen LogP contribution >= 0.6 is 0 Å². The number of carboxylic acid groups (broad SMARTS) is 1. The van der Waals surface area contributed by atoms with E-state index in [-0.39, 0.29) is 11.6 Å². The Morgan fingerprint density at radius 2 is 2.25 bits per heavy atom. The molecule has 1 aliphatic rings. The number of hydrogen-bond donors (Lipinski definition) is 2. The summed E-state index contributed by atoms with van der Waals surface area (Å²) in [5, 5.41) is 11.0. The number of aromatic nitrogens is 3. The molecule has 1 aliphatic heterocycles. The molecule has 0 radical (unpaired) electrons. The third kappa shape index (κ3) is 2.20.